The molecule has 12 aromatic rings. The summed E-state index contributed by atoms with van der Waals surface area (Å²) >= 11 is 0. The molecule has 0 bridgehead atoms. The molecule has 0 aliphatic carbocycles. The van der Waals surface area contributed by atoms with Gasteiger partial charge in [-0.1, -0.05) is 164 Å². The molecule has 0 saturated carbocycles. The van der Waals surface area contributed by atoms with Gasteiger partial charge in [0.05, 0.1) is 33.6 Å². The Balaban J connectivity index is 1.04. The second-order valence-electron chi connectivity index (χ2n) is 15.6. The molecule has 0 atom stereocenters. The molecule has 0 amide bonds. The Bertz CT molecular complexity index is 3560. The predicted octanol–water partition coefficient (Wildman–Crippen LogP) is 14.8. The zero-order chi connectivity index (χ0) is 40.3. The molecule has 0 saturated heterocycles. The van der Waals surface area contributed by atoms with Crippen LogP contribution in [0.15, 0.2) is 218 Å². The molecule has 0 fully saturated rings. The average Bonchev–Trinajstić information content (AvgIpc) is 3.67. The molecule has 4 heteroatoms. The van der Waals surface area contributed by atoms with Crippen molar-refractivity contribution in [3.63, 3.8) is 0 Å². The van der Waals surface area contributed by atoms with Gasteiger partial charge in [-0.25, -0.2) is 15.0 Å². The Morgan fingerprint density at radius 2 is 0.902 bits per heavy atom. The lowest BCUT2D eigenvalue weighted by Crippen LogP contribution is -1.96. The van der Waals surface area contributed by atoms with Gasteiger partial charge in [0.25, 0.3) is 0 Å². The van der Waals surface area contributed by atoms with E-state index in [9.17, 15) is 0 Å². The highest BCUT2D eigenvalue weighted by Gasteiger charge is 2.19. The van der Waals surface area contributed by atoms with Gasteiger partial charge in [0.15, 0.2) is 5.82 Å². The van der Waals surface area contributed by atoms with E-state index in [0.29, 0.717) is 5.82 Å². The van der Waals surface area contributed by atoms with Gasteiger partial charge >= 0.3 is 0 Å². The van der Waals surface area contributed by atoms with Crippen LogP contribution in [0.5, 0.6) is 0 Å². The average molecular weight is 777 g/mol. The smallest absolute Gasteiger partial charge is 0.160 e. The molecule has 61 heavy (non-hydrogen) atoms. The largest absolute Gasteiger partial charge is 0.309 e. The van der Waals surface area contributed by atoms with Crippen LogP contribution in [0.4, 0.5) is 0 Å². The van der Waals surface area contributed by atoms with Crippen molar-refractivity contribution in [1.29, 1.82) is 0 Å². The van der Waals surface area contributed by atoms with Gasteiger partial charge in [-0.2, -0.15) is 0 Å². The summed E-state index contributed by atoms with van der Waals surface area (Å²) in [7, 11) is 0. The number of benzene rings is 9. The lowest BCUT2D eigenvalue weighted by atomic mass is 9.94. The molecular formula is C57H36N4. The van der Waals surface area contributed by atoms with Gasteiger partial charge < -0.3 is 4.57 Å². The molecule has 12 rings (SSSR count). The van der Waals surface area contributed by atoms with E-state index in [2.05, 4.69) is 187 Å². The molecule has 3 heterocycles. The molecule has 3 aromatic heterocycles. The van der Waals surface area contributed by atoms with E-state index in [4.69, 9.17) is 15.0 Å². The van der Waals surface area contributed by atoms with Crippen molar-refractivity contribution in [3.05, 3.63) is 218 Å². The normalized spacial score (nSPS) is 11.6. The van der Waals surface area contributed by atoms with Gasteiger partial charge in [-0.15, -0.1) is 0 Å². The van der Waals surface area contributed by atoms with Crippen molar-refractivity contribution in [3.8, 4) is 62.0 Å². The van der Waals surface area contributed by atoms with Crippen LogP contribution in [0.3, 0.4) is 0 Å². The SMILES string of the molecule is c1ccc(-c2cc(-c3ccc(-c4ccc5nc(-c6ccc7ccccc7c6)c6cc7c8ccccc8n(-c8ccccc8)c7cc6c5c4)cc3)nc(-c3ccccc3)n2)cc1. The second-order valence-corrected chi connectivity index (χ2v) is 15.6. The maximum atomic E-state index is 5.47. The Morgan fingerprint density at radius 1 is 0.295 bits per heavy atom. The van der Waals surface area contributed by atoms with E-state index >= 15 is 0 Å². The Labute approximate surface area is 352 Å². The highest BCUT2D eigenvalue weighted by molar-refractivity contribution is 6.20. The summed E-state index contributed by atoms with van der Waals surface area (Å²) in [6.07, 6.45) is 0. The summed E-state index contributed by atoms with van der Waals surface area (Å²) in [5.41, 5.74) is 13.6. The molecule has 0 aliphatic rings. The number of pyridine rings is 1. The number of rotatable bonds is 6. The fraction of sp³-hybridized carbons (Fsp3) is 0. The fourth-order valence-electron chi connectivity index (χ4n) is 8.96. The zero-order valence-corrected chi connectivity index (χ0v) is 33.1. The molecule has 0 unspecified atom stereocenters. The fourth-order valence-corrected chi connectivity index (χ4v) is 8.96. The third-order valence-electron chi connectivity index (χ3n) is 12.0. The van der Waals surface area contributed by atoms with Crippen LogP contribution < -0.4 is 0 Å². The number of hydrogen-bond acceptors (Lipinski definition) is 3. The molecule has 0 N–H and O–H groups in total. The maximum absolute atomic E-state index is 5.47. The molecule has 284 valence electrons. The summed E-state index contributed by atoms with van der Waals surface area (Å²) < 4.78 is 2.40. The van der Waals surface area contributed by atoms with Crippen molar-refractivity contribution in [2.75, 3.05) is 0 Å². The van der Waals surface area contributed by atoms with Crippen LogP contribution in [0.1, 0.15) is 0 Å². The minimum Gasteiger partial charge on any atom is -0.309 e. The number of fused-ring (bicyclic) bond motifs is 7. The molecule has 9 aromatic carbocycles. The number of hydrogen-bond donors (Lipinski definition) is 0. The van der Waals surface area contributed by atoms with Crippen LogP contribution in [-0.2, 0) is 0 Å². The first kappa shape index (κ1) is 34.8. The summed E-state index contributed by atoms with van der Waals surface area (Å²) in [4.78, 5) is 15.5. The van der Waals surface area contributed by atoms with Crippen molar-refractivity contribution in [2.45, 2.75) is 0 Å². The predicted molar refractivity (Wildman–Crippen MR) is 254 cm³/mol. The van der Waals surface area contributed by atoms with E-state index in [0.717, 1.165) is 72.4 Å². The van der Waals surface area contributed by atoms with Crippen molar-refractivity contribution < 1.29 is 0 Å². The lowest BCUT2D eigenvalue weighted by molar-refractivity contribution is 1.18. The van der Waals surface area contributed by atoms with Gasteiger partial charge in [0.1, 0.15) is 0 Å². The molecule has 4 nitrogen and oxygen atoms in total. The topological polar surface area (TPSA) is 43.6 Å². The molecular weight excluding hydrogens is 741 g/mol. The number of para-hydroxylation sites is 2. The minimum atomic E-state index is 0.707. The first-order valence-electron chi connectivity index (χ1n) is 20.7. The molecule has 0 radical (unpaired) electrons. The highest BCUT2D eigenvalue weighted by atomic mass is 15.0. The maximum Gasteiger partial charge on any atom is 0.160 e. The first-order chi connectivity index (χ1) is 30.2. The van der Waals surface area contributed by atoms with Gasteiger partial charge in [-0.05, 0) is 81.9 Å². The summed E-state index contributed by atoms with van der Waals surface area (Å²) in [6, 6.07) is 77.5. The molecule has 0 spiro atoms. The Kier molecular flexibility index (Phi) is 8.13. The summed E-state index contributed by atoms with van der Waals surface area (Å²) in [5.74, 6) is 0.707. The van der Waals surface area contributed by atoms with E-state index in [1.165, 1.54) is 38.0 Å². The van der Waals surface area contributed by atoms with Crippen LogP contribution in [0.25, 0.3) is 116 Å². The Morgan fingerprint density at radius 3 is 1.67 bits per heavy atom. The third kappa shape index (κ3) is 6.04. The van der Waals surface area contributed by atoms with E-state index in [-0.39, 0.29) is 0 Å². The monoisotopic (exact) mass is 776 g/mol. The van der Waals surface area contributed by atoms with Crippen LogP contribution in [0, 0.1) is 0 Å². The van der Waals surface area contributed by atoms with Gasteiger partial charge in [0.2, 0.25) is 0 Å². The lowest BCUT2D eigenvalue weighted by Gasteiger charge is -2.14. The summed E-state index contributed by atoms with van der Waals surface area (Å²) in [6.45, 7) is 0. The Hall–Kier alpha value is -8.21. The van der Waals surface area contributed by atoms with E-state index in [1.54, 1.807) is 0 Å². The van der Waals surface area contributed by atoms with Crippen molar-refractivity contribution in [1.82, 2.24) is 19.5 Å². The van der Waals surface area contributed by atoms with Crippen LogP contribution >= 0.6 is 0 Å². The second kappa shape index (κ2) is 14.3. The van der Waals surface area contributed by atoms with Gasteiger partial charge in [-0.3, -0.25) is 0 Å². The quantitative estimate of drug-likeness (QED) is 0.158. The van der Waals surface area contributed by atoms with Crippen LogP contribution in [0.2, 0.25) is 0 Å². The van der Waals surface area contributed by atoms with Gasteiger partial charge in [0, 0.05) is 49.5 Å². The highest BCUT2D eigenvalue weighted by Crippen LogP contribution is 2.41. The van der Waals surface area contributed by atoms with Crippen molar-refractivity contribution in [2.24, 2.45) is 0 Å². The van der Waals surface area contributed by atoms with Crippen molar-refractivity contribution >= 4 is 54.3 Å². The van der Waals surface area contributed by atoms with E-state index < -0.39 is 0 Å². The number of nitrogens with zero attached hydrogens (tertiary/aromatic N) is 4. The first-order valence-corrected chi connectivity index (χ1v) is 20.7. The third-order valence-corrected chi connectivity index (χ3v) is 12.0. The van der Waals surface area contributed by atoms with Crippen LogP contribution in [-0.4, -0.2) is 19.5 Å². The minimum absolute atomic E-state index is 0.707. The summed E-state index contributed by atoms with van der Waals surface area (Å²) in [5, 5.41) is 8.25. The standard InChI is InChI=1S/C57H36N4/c1-4-15-39(16-5-1)52-36-53(60-57(59-52)41-17-6-2-7-18-41)40-27-24-38(25-28-40)43-30-31-51-48(33-43)47-35-55-49(46-22-12-13-23-54(46)61(55)45-20-8-3-9-21-45)34-50(47)56(58-51)44-29-26-37-14-10-11-19-42(37)32-44/h1-36H. The molecule has 0 aliphatic heterocycles. The number of aromatic nitrogens is 4. The van der Waals surface area contributed by atoms with E-state index in [1.807, 2.05) is 36.4 Å². The zero-order valence-electron chi connectivity index (χ0n) is 33.1.